The summed E-state index contributed by atoms with van der Waals surface area (Å²) in [6.07, 6.45) is 3.63. The number of hydrogen-bond acceptors (Lipinski definition) is 4. The van der Waals surface area contributed by atoms with Gasteiger partial charge in [-0.2, -0.15) is 5.26 Å². The molecule has 0 atom stereocenters. The Morgan fingerprint density at radius 3 is 2.17 bits per heavy atom. The van der Waals surface area contributed by atoms with E-state index in [1.54, 1.807) is 6.08 Å². The van der Waals surface area contributed by atoms with Crippen LogP contribution in [0.3, 0.4) is 0 Å². The molecule has 164 valence electrons. The molecule has 2 rings (SSSR count). The first-order valence-electron chi connectivity index (χ1n) is 10.4. The molecule has 0 saturated carbocycles. The van der Waals surface area contributed by atoms with E-state index in [2.05, 4.69) is 39.1 Å². The fourth-order valence-electron chi connectivity index (χ4n) is 2.23. The van der Waals surface area contributed by atoms with Crippen molar-refractivity contribution in [2.45, 2.75) is 40.5 Å². The summed E-state index contributed by atoms with van der Waals surface area (Å²) >= 11 is 0. The molecule has 0 aliphatic heterocycles. The summed E-state index contributed by atoms with van der Waals surface area (Å²) in [5, 5.41) is 21.7. The number of unbranched alkanes of at least 4 members (excludes halogenated alkanes) is 1. The molecule has 0 aliphatic carbocycles. The first kappa shape index (κ1) is 27.2. The summed E-state index contributed by atoms with van der Waals surface area (Å²) in [4.78, 5) is 13.6. The maximum atomic E-state index is 11.5. The van der Waals surface area contributed by atoms with Crippen molar-refractivity contribution in [1.29, 1.82) is 5.26 Å². The molecule has 2 aromatic rings. The normalized spacial score (nSPS) is 10.3. The van der Waals surface area contributed by atoms with Gasteiger partial charge in [0.2, 0.25) is 0 Å². The highest BCUT2D eigenvalue weighted by atomic mass is 16.2. The molecule has 0 spiro atoms. The lowest BCUT2D eigenvalue weighted by Crippen LogP contribution is -2.19. The van der Waals surface area contributed by atoms with Gasteiger partial charge in [0.15, 0.2) is 0 Å². The van der Waals surface area contributed by atoms with Crippen LogP contribution in [-0.2, 0) is 4.79 Å². The quantitative estimate of drug-likeness (QED) is 0.536. The van der Waals surface area contributed by atoms with Crippen molar-refractivity contribution in [3.05, 3.63) is 47.5 Å². The van der Waals surface area contributed by atoms with Crippen molar-refractivity contribution in [2.75, 3.05) is 32.6 Å². The van der Waals surface area contributed by atoms with Crippen LogP contribution in [0.4, 0.5) is 5.69 Å². The Balaban J connectivity index is 0.000000789. The van der Waals surface area contributed by atoms with Gasteiger partial charge in [0.1, 0.15) is 11.6 Å². The molecule has 0 unspecified atom stereocenters. The van der Waals surface area contributed by atoms with Gasteiger partial charge in [-0.15, -0.1) is 0 Å². The van der Waals surface area contributed by atoms with Crippen LogP contribution in [0.5, 0.6) is 0 Å². The number of fused-ring (bicyclic) bond motifs is 1. The molecule has 0 heterocycles. The molecule has 30 heavy (non-hydrogen) atoms. The monoisotopic (exact) mass is 411 g/mol. The van der Waals surface area contributed by atoms with Crippen LogP contribution < -0.4 is 10.2 Å². The zero-order chi connectivity index (χ0) is 23.1. The van der Waals surface area contributed by atoms with E-state index in [0.717, 1.165) is 40.8 Å². The highest BCUT2D eigenvalue weighted by Crippen LogP contribution is 2.23. The molecule has 2 N–H and O–H groups in total. The number of benzene rings is 2. The Labute approximate surface area is 182 Å². The van der Waals surface area contributed by atoms with Crippen LogP contribution in [0.1, 0.15) is 46.1 Å². The van der Waals surface area contributed by atoms with Gasteiger partial charge in [0, 0.05) is 33.4 Å². The molecule has 0 saturated heterocycles. The van der Waals surface area contributed by atoms with E-state index in [9.17, 15) is 4.79 Å². The minimum absolute atomic E-state index is 0.0989. The van der Waals surface area contributed by atoms with E-state index < -0.39 is 0 Å². The molecule has 5 nitrogen and oxygen atoms in total. The van der Waals surface area contributed by atoms with Crippen LogP contribution in [0.25, 0.3) is 16.8 Å². The SMILES string of the molecule is CC(C)C.CCCCO.CNC(=O)/C(C#N)=C/c1ccc2cc(N(C)C)ccc2c1. The maximum absolute atomic E-state index is 11.5. The van der Waals surface area contributed by atoms with E-state index in [0.29, 0.717) is 6.61 Å². The maximum Gasteiger partial charge on any atom is 0.261 e. The fourth-order valence-corrected chi connectivity index (χ4v) is 2.23. The second-order valence-corrected chi connectivity index (χ2v) is 7.74. The van der Waals surface area contributed by atoms with Gasteiger partial charge in [0.05, 0.1) is 0 Å². The third-order valence-corrected chi connectivity index (χ3v) is 3.78. The lowest BCUT2D eigenvalue weighted by molar-refractivity contribution is -0.116. The van der Waals surface area contributed by atoms with Crippen LogP contribution in [0.2, 0.25) is 0 Å². The summed E-state index contributed by atoms with van der Waals surface area (Å²) in [6, 6.07) is 14.0. The highest BCUT2D eigenvalue weighted by molar-refractivity contribution is 6.02. The number of carbonyl (C=O) groups excluding carboxylic acids is 1. The van der Waals surface area contributed by atoms with Gasteiger partial charge in [-0.25, -0.2) is 0 Å². The number of hydrogen-bond donors (Lipinski definition) is 2. The number of carbonyl (C=O) groups is 1. The largest absolute Gasteiger partial charge is 0.396 e. The van der Waals surface area contributed by atoms with Gasteiger partial charge < -0.3 is 15.3 Å². The van der Waals surface area contributed by atoms with E-state index >= 15 is 0 Å². The summed E-state index contributed by atoms with van der Waals surface area (Å²) in [5.41, 5.74) is 2.07. The average Bonchev–Trinajstić information content (AvgIpc) is 2.71. The molecule has 0 aliphatic rings. The van der Waals surface area contributed by atoms with Crippen molar-refractivity contribution in [3.8, 4) is 6.07 Å². The first-order valence-corrected chi connectivity index (χ1v) is 10.4. The summed E-state index contributed by atoms with van der Waals surface area (Å²) in [7, 11) is 5.51. The van der Waals surface area contributed by atoms with Crippen molar-refractivity contribution in [3.63, 3.8) is 0 Å². The van der Waals surface area contributed by atoms with Gasteiger partial charge in [-0.1, -0.05) is 52.3 Å². The number of aliphatic hydroxyl groups is 1. The van der Waals surface area contributed by atoms with Crippen LogP contribution >= 0.6 is 0 Å². The van der Waals surface area contributed by atoms with E-state index in [1.807, 2.05) is 55.4 Å². The minimum Gasteiger partial charge on any atom is -0.396 e. The van der Waals surface area contributed by atoms with Crippen LogP contribution in [0.15, 0.2) is 42.0 Å². The molecular formula is C25H37N3O2. The third-order valence-electron chi connectivity index (χ3n) is 3.78. The predicted molar refractivity (Wildman–Crippen MR) is 128 cm³/mol. The van der Waals surface area contributed by atoms with Gasteiger partial charge in [0.25, 0.3) is 5.91 Å². The molecule has 5 heteroatoms. The van der Waals surface area contributed by atoms with Crippen molar-refractivity contribution in [1.82, 2.24) is 5.32 Å². The Bertz CT molecular complexity index is 844. The zero-order valence-corrected chi connectivity index (χ0v) is 19.5. The van der Waals surface area contributed by atoms with E-state index in [1.165, 1.54) is 7.05 Å². The zero-order valence-electron chi connectivity index (χ0n) is 19.5. The lowest BCUT2D eigenvalue weighted by Gasteiger charge is -2.13. The third kappa shape index (κ3) is 10.6. The second-order valence-electron chi connectivity index (χ2n) is 7.74. The second kappa shape index (κ2) is 15.1. The van der Waals surface area contributed by atoms with Crippen LogP contribution in [-0.4, -0.2) is 38.8 Å². The van der Waals surface area contributed by atoms with Crippen LogP contribution in [0, 0.1) is 17.2 Å². The standard InChI is InChI=1S/C17H17N3O.C4H10O.C4H10/c1-19-17(21)15(11-18)9-12-4-5-14-10-16(20(2)3)7-6-13(14)8-12;1-2-3-4-5;1-4(2)3/h4-10H,1-3H3,(H,19,21);5H,2-4H2,1H3;4H,1-3H3/b15-9+;;. The Hall–Kier alpha value is -2.84. The topological polar surface area (TPSA) is 76.4 Å². The number of nitrogens with one attached hydrogen (secondary N) is 1. The van der Waals surface area contributed by atoms with Crippen molar-refractivity contribution in [2.24, 2.45) is 5.92 Å². The number of rotatable bonds is 5. The highest BCUT2D eigenvalue weighted by Gasteiger charge is 2.06. The minimum atomic E-state index is -0.374. The van der Waals surface area contributed by atoms with Gasteiger partial charge in [-0.3, -0.25) is 4.79 Å². The Morgan fingerprint density at radius 1 is 1.17 bits per heavy atom. The number of anilines is 1. The molecule has 0 fully saturated rings. The van der Waals surface area contributed by atoms with Crippen molar-refractivity contribution >= 4 is 28.4 Å². The molecule has 1 amide bonds. The number of nitriles is 1. The number of aliphatic hydroxyl groups excluding tert-OH is 1. The first-order chi connectivity index (χ1) is 14.2. The molecule has 2 aromatic carbocycles. The fraction of sp³-hybridized carbons (Fsp3) is 0.440. The smallest absolute Gasteiger partial charge is 0.261 e. The lowest BCUT2D eigenvalue weighted by atomic mass is 10.0. The summed E-state index contributed by atoms with van der Waals surface area (Å²) in [5.74, 6) is 0.459. The number of likely N-dealkylation sites (N-methyl/N-ethyl adjacent to an activating group) is 1. The molecule has 0 aromatic heterocycles. The Kier molecular flexibility index (Phi) is 13.6. The summed E-state index contributed by atoms with van der Waals surface area (Å²) in [6.45, 7) is 8.90. The predicted octanol–water partition coefficient (Wildman–Crippen LogP) is 5.00. The summed E-state index contributed by atoms with van der Waals surface area (Å²) < 4.78 is 0. The van der Waals surface area contributed by atoms with E-state index in [-0.39, 0.29) is 11.5 Å². The molecule has 0 bridgehead atoms. The van der Waals surface area contributed by atoms with Gasteiger partial charge >= 0.3 is 0 Å². The van der Waals surface area contributed by atoms with Crippen molar-refractivity contribution < 1.29 is 9.90 Å². The number of nitrogens with zero attached hydrogens (tertiary/aromatic N) is 2. The molecular weight excluding hydrogens is 374 g/mol. The Morgan fingerprint density at radius 2 is 1.73 bits per heavy atom. The molecule has 0 radical (unpaired) electrons. The van der Waals surface area contributed by atoms with Gasteiger partial charge in [-0.05, 0) is 52.9 Å². The van der Waals surface area contributed by atoms with E-state index in [4.69, 9.17) is 10.4 Å². The number of amides is 1. The average molecular weight is 412 g/mol.